The van der Waals surface area contributed by atoms with Crippen LogP contribution in [0.4, 0.5) is 10.1 Å². The van der Waals surface area contributed by atoms with Crippen molar-refractivity contribution in [3.63, 3.8) is 0 Å². The summed E-state index contributed by atoms with van der Waals surface area (Å²) in [5, 5.41) is 0.959. The first-order valence-electron chi connectivity index (χ1n) is 6.03. The molecule has 0 atom stereocenters. The smallest absolute Gasteiger partial charge is 0.183 e. The van der Waals surface area contributed by atoms with Gasteiger partial charge in [-0.3, -0.25) is 0 Å². The minimum Gasteiger partial charge on any atom is -0.345 e. The minimum atomic E-state index is -0.246. The van der Waals surface area contributed by atoms with Gasteiger partial charge in [0.1, 0.15) is 5.82 Å². The normalized spacial score (nSPS) is 17.1. The fourth-order valence-electron chi connectivity index (χ4n) is 1.85. The van der Waals surface area contributed by atoms with Crippen LogP contribution in [0, 0.1) is 5.82 Å². The molecule has 0 unspecified atom stereocenters. The standard InChI is InChI=1S/C13H11ClFN3S2/c14-12-16-7-11(20-12)8-18-5-6-19-13(18)17-10-3-1-9(15)2-4-10/h1-4,7H,5-6,8H2. The molecule has 0 N–H and O–H groups in total. The topological polar surface area (TPSA) is 28.5 Å². The Labute approximate surface area is 129 Å². The van der Waals surface area contributed by atoms with Gasteiger partial charge in [-0.2, -0.15) is 0 Å². The molecule has 104 valence electrons. The molecule has 1 aromatic carbocycles. The summed E-state index contributed by atoms with van der Waals surface area (Å²) < 4.78 is 13.4. The van der Waals surface area contributed by atoms with Gasteiger partial charge < -0.3 is 4.90 Å². The molecule has 3 nitrogen and oxygen atoms in total. The van der Waals surface area contributed by atoms with E-state index in [4.69, 9.17) is 11.6 Å². The van der Waals surface area contributed by atoms with Crippen molar-refractivity contribution in [1.82, 2.24) is 9.88 Å². The maximum absolute atomic E-state index is 12.9. The van der Waals surface area contributed by atoms with E-state index in [1.165, 1.54) is 23.5 Å². The molecule has 2 aromatic rings. The van der Waals surface area contributed by atoms with Gasteiger partial charge in [-0.15, -0.1) is 11.3 Å². The minimum absolute atomic E-state index is 0.246. The zero-order valence-corrected chi connectivity index (χ0v) is 12.8. The van der Waals surface area contributed by atoms with E-state index >= 15 is 0 Å². The van der Waals surface area contributed by atoms with E-state index in [2.05, 4.69) is 14.9 Å². The number of aromatic nitrogens is 1. The fraction of sp³-hybridized carbons (Fsp3) is 0.231. The maximum Gasteiger partial charge on any atom is 0.183 e. The molecule has 20 heavy (non-hydrogen) atoms. The summed E-state index contributed by atoms with van der Waals surface area (Å²) in [5.41, 5.74) is 0.767. The maximum atomic E-state index is 12.9. The van der Waals surface area contributed by atoms with Crippen molar-refractivity contribution in [3.05, 3.63) is 45.6 Å². The van der Waals surface area contributed by atoms with Crippen LogP contribution in [0.1, 0.15) is 4.88 Å². The number of thiazole rings is 1. The predicted molar refractivity (Wildman–Crippen MR) is 83.5 cm³/mol. The Hall–Kier alpha value is -1.11. The third kappa shape index (κ3) is 3.31. The average molecular weight is 328 g/mol. The first-order valence-corrected chi connectivity index (χ1v) is 8.21. The monoisotopic (exact) mass is 327 g/mol. The highest BCUT2D eigenvalue weighted by Gasteiger charge is 2.20. The SMILES string of the molecule is Fc1ccc(N=C2SCCN2Cc2cnc(Cl)s2)cc1. The molecule has 1 aliphatic rings. The summed E-state index contributed by atoms with van der Waals surface area (Å²) in [6.07, 6.45) is 1.80. The van der Waals surface area contributed by atoms with Crippen LogP contribution in [0.25, 0.3) is 0 Å². The first kappa shape index (κ1) is 13.9. The molecule has 0 bridgehead atoms. The van der Waals surface area contributed by atoms with Crippen molar-refractivity contribution in [2.24, 2.45) is 4.99 Å². The molecule has 0 amide bonds. The third-order valence-electron chi connectivity index (χ3n) is 2.79. The zero-order valence-electron chi connectivity index (χ0n) is 10.4. The number of benzene rings is 1. The average Bonchev–Trinajstić information content (AvgIpc) is 3.03. The number of hydrogen-bond donors (Lipinski definition) is 0. The molecule has 2 heterocycles. The van der Waals surface area contributed by atoms with Gasteiger partial charge in [0, 0.05) is 23.4 Å². The summed E-state index contributed by atoms with van der Waals surface area (Å²) >= 11 is 9.04. The van der Waals surface area contributed by atoms with Gasteiger partial charge in [-0.1, -0.05) is 23.4 Å². The molecule has 0 spiro atoms. The van der Waals surface area contributed by atoms with Crippen molar-refractivity contribution in [1.29, 1.82) is 0 Å². The van der Waals surface area contributed by atoms with Crippen LogP contribution >= 0.6 is 34.7 Å². The summed E-state index contributed by atoms with van der Waals surface area (Å²) in [7, 11) is 0. The number of hydrogen-bond acceptors (Lipinski definition) is 4. The fourth-order valence-corrected chi connectivity index (χ4v) is 3.85. The third-order valence-corrected chi connectivity index (χ3v) is 4.88. The molecule has 3 rings (SSSR count). The summed E-state index contributed by atoms with van der Waals surface area (Å²) in [6, 6.07) is 6.21. The number of thioether (sulfide) groups is 1. The Morgan fingerprint density at radius 2 is 2.15 bits per heavy atom. The highest BCUT2D eigenvalue weighted by molar-refractivity contribution is 8.14. The lowest BCUT2D eigenvalue weighted by Gasteiger charge is -2.16. The van der Waals surface area contributed by atoms with E-state index in [9.17, 15) is 4.39 Å². The Morgan fingerprint density at radius 3 is 2.85 bits per heavy atom. The Balaban J connectivity index is 1.76. The van der Waals surface area contributed by atoms with Gasteiger partial charge in [-0.05, 0) is 24.3 Å². The number of nitrogens with zero attached hydrogens (tertiary/aromatic N) is 3. The van der Waals surface area contributed by atoms with Crippen molar-refractivity contribution in [2.75, 3.05) is 12.3 Å². The molecular weight excluding hydrogens is 317 g/mol. The van der Waals surface area contributed by atoms with Crippen LogP contribution in [0.15, 0.2) is 35.5 Å². The van der Waals surface area contributed by atoms with Crippen molar-refractivity contribution in [3.8, 4) is 0 Å². The van der Waals surface area contributed by atoms with Gasteiger partial charge in [-0.25, -0.2) is 14.4 Å². The van der Waals surface area contributed by atoms with Crippen LogP contribution in [-0.4, -0.2) is 27.3 Å². The molecule has 1 fully saturated rings. The number of aliphatic imine (C=N–C) groups is 1. The molecule has 7 heteroatoms. The van der Waals surface area contributed by atoms with E-state index in [-0.39, 0.29) is 5.82 Å². The summed E-state index contributed by atoms with van der Waals surface area (Å²) in [6.45, 7) is 1.71. The molecule has 0 saturated carbocycles. The highest BCUT2D eigenvalue weighted by atomic mass is 35.5. The predicted octanol–water partition coefficient (Wildman–Crippen LogP) is 4.17. The lowest BCUT2D eigenvalue weighted by molar-refractivity contribution is 0.461. The zero-order chi connectivity index (χ0) is 13.9. The Bertz CT molecular complexity index is 627. The van der Waals surface area contributed by atoms with Crippen LogP contribution in [0.2, 0.25) is 4.47 Å². The second-order valence-electron chi connectivity index (χ2n) is 4.22. The van der Waals surface area contributed by atoms with Gasteiger partial charge in [0.2, 0.25) is 0 Å². The largest absolute Gasteiger partial charge is 0.345 e. The van der Waals surface area contributed by atoms with Crippen molar-refractivity contribution in [2.45, 2.75) is 6.54 Å². The summed E-state index contributed by atoms with van der Waals surface area (Å²) in [5.74, 6) is 0.760. The Morgan fingerprint density at radius 1 is 1.35 bits per heavy atom. The summed E-state index contributed by atoms with van der Waals surface area (Å²) in [4.78, 5) is 11.9. The van der Waals surface area contributed by atoms with E-state index in [0.717, 1.165) is 34.6 Å². The van der Waals surface area contributed by atoms with Gasteiger partial charge in [0.15, 0.2) is 9.63 Å². The van der Waals surface area contributed by atoms with Gasteiger partial charge in [0.25, 0.3) is 0 Å². The first-order chi connectivity index (χ1) is 9.70. The van der Waals surface area contributed by atoms with E-state index in [1.54, 1.807) is 30.1 Å². The lowest BCUT2D eigenvalue weighted by Crippen LogP contribution is -2.23. The van der Waals surface area contributed by atoms with E-state index in [1.807, 2.05) is 0 Å². The van der Waals surface area contributed by atoms with E-state index in [0.29, 0.717) is 4.47 Å². The van der Waals surface area contributed by atoms with Crippen LogP contribution in [0.3, 0.4) is 0 Å². The second-order valence-corrected chi connectivity index (χ2v) is 6.98. The number of amidine groups is 1. The lowest BCUT2D eigenvalue weighted by atomic mass is 10.3. The molecule has 1 saturated heterocycles. The van der Waals surface area contributed by atoms with E-state index < -0.39 is 0 Å². The Kier molecular flexibility index (Phi) is 4.24. The molecule has 1 aliphatic heterocycles. The molecular formula is C13H11ClFN3S2. The second kappa shape index (κ2) is 6.11. The van der Waals surface area contributed by atoms with Crippen LogP contribution in [0.5, 0.6) is 0 Å². The quantitative estimate of drug-likeness (QED) is 0.847. The van der Waals surface area contributed by atoms with Crippen molar-refractivity contribution >= 4 is 45.6 Å². The van der Waals surface area contributed by atoms with Gasteiger partial charge in [0.05, 0.1) is 12.2 Å². The molecule has 0 radical (unpaired) electrons. The van der Waals surface area contributed by atoms with Crippen LogP contribution in [-0.2, 0) is 6.54 Å². The van der Waals surface area contributed by atoms with Gasteiger partial charge >= 0.3 is 0 Å². The number of halogens is 2. The molecule has 0 aliphatic carbocycles. The number of rotatable bonds is 3. The van der Waals surface area contributed by atoms with Crippen molar-refractivity contribution < 1.29 is 4.39 Å². The highest BCUT2D eigenvalue weighted by Crippen LogP contribution is 2.26. The van der Waals surface area contributed by atoms with Crippen LogP contribution < -0.4 is 0 Å². The molecule has 1 aromatic heterocycles.